The molecule has 1 unspecified atom stereocenters. The van der Waals surface area contributed by atoms with Gasteiger partial charge in [0.1, 0.15) is 6.10 Å². The van der Waals surface area contributed by atoms with E-state index in [2.05, 4.69) is 212 Å². The van der Waals surface area contributed by atoms with Crippen LogP contribution in [0.2, 0.25) is 0 Å². The smallest absolute Gasteiger partial charge is 0.152 e. The van der Waals surface area contributed by atoms with E-state index in [4.69, 9.17) is 4.74 Å². The van der Waals surface area contributed by atoms with Crippen molar-refractivity contribution in [3.8, 4) is 50.3 Å². The van der Waals surface area contributed by atoms with Crippen LogP contribution in [0.1, 0.15) is 18.6 Å². The molecule has 0 saturated heterocycles. The molecule has 2 nitrogen and oxygen atoms in total. The van der Waals surface area contributed by atoms with Crippen LogP contribution in [0, 0.1) is 0 Å². The molecule has 1 aliphatic heterocycles. The molecule has 2 heteroatoms. The molecule has 0 fully saturated rings. The summed E-state index contributed by atoms with van der Waals surface area (Å²) in [6.07, 6.45) is -0.0695. The van der Waals surface area contributed by atoms with Gasteiger partial charge in [0.25, 0.3) is 0 Å². The number of anilines is 3. The molecule has 0 radical (unpaired) electrons. The summed E-state index contributed by atoms with van der Waals surface area (Å²) in [4.78, 5) is 2.34. The topological polar surface area (TPSA) is 12.5 Å². The predicted molar refractivity (Wildman–Crippen MR) is 227 cm³/mol. The largest absolute Gasteiger partial charge is 0.483 e. The predicted octanol–water partition coefficient (Wildman–Crippen LogP) is 14.6. The van der Waals surface area contributed by atoms with E-state index in [-0.39, 0.29) is 6.10 Å². The molecule has 1 aliphatic rings. The first-order valence-electron chi connectivity index (χ1n) is 18.7. The highest BCUT2D eigenvalue weighted by Crippen LogP contribution is 2.51. The molecule has 0 saturated carbocycles. The van der Waals surface area contributed by atoms with E-state index in [0.29, 0.717) is 0 Å². The number of rotatable bonds is 6. The van der Waals surface area contributed by atoms with Crippen LogP contribution >= 0.6 is 0 Å². The Kier molecular flexibility index (Phi) is 7.81. The van der Waals surface area contributed by atoms with Crippen LogP contribution < -0.4 is 9.64 Å². The van der Waals surface area contributed by atoms with Crippen molar-refractivity contribution in [2.24, 2.45) is 0 Å². The summed E-state index contributed by atoms with van der Waals surface area (Å²) in [6, 6.07) is 72.1. The molecule has 0 spiro atoms. The Bertz CT molecular complexity index is 2800. The maximum absolute atomic E-state index is 6.80. The van der Waals surface area contributed by atoms with Crippen molar-refractivity contribution in [2.45, 2.75) is 13.0 Å². The van der Waals surface area contributed by atoms with Gasteiger partial charge in [-0.1, -0.05) is 170 Å². The fourth-order valence-electron chi connectivity index (χ4n) is 8.28. The van der Waals surface area contributed by atoms with Gasteiger partial charge in [0.2, 0.25) is 0 Å². The molecule has 10 rings (SSSR count). The molecule has 1 atom stereocenters. The van der Waals surface area contributed by atoms with Crippen LogP contribution in [0.5, 0.6) is 5.75 Å². The van der Waals surface area contributed by atoms with Gasteiger partial charge in [-0.05, 0) is 97.7 Å². The van der Waals surface area contributed by atoms with E-state index in [9.17, 15) is 0 Å². The third kappa shape index (κ3) is 5.43. The molecule has 9 aromatic carbocycles. The Morgan fingerprint density at radius 2 is 0.852 bits per heavy atom. The lowest BCUT2D eigenvalue weighted by molar-refractivity contribution is 0.224. The van der Waals surface area contributed by atoms with Gasteiger partial charge in [0, 0.05) is 22.5 Å². The van der Waals surface area contributed by atoms with Gasteiger partial charge in [-0.2, -0.15) is 0 Å². The average Bonchev–Trinajstić information content (AvgIpc) is 3.24. The molecule has 0 aliphatic carbocycles. The Labute approximate surface area is 316 Å². The standard InChI is InChI=1S/C52H37NO/c1-35-42-17-7-8-19-47(42)50-23-12-24-51(52(50)54-35)53(40-29-25-38(26-30-40)44-22-11-16-37-15-5-6-18-43(37)44)41-31-27-39(28-32-41)46-34-33-45(36-13-3-2-4-14-36)48-20-9-10-21-49(46)48/h2-35H,1H3. The molecular formula is C52H37NO. The van der Waals surface area contributed by atoms with Crippen LogP contribution in [-0.2, 0) is 0 Å². The van der Waals surface area contributed by atoms with Crippen molar-refractivity contribution in [3.63, 3.8) is 0 Å². The van der Waals surface area contributed by atoms with Crippen molar-refractivity contribution < 1.29 is 4.74 Å². The maximum atomic E-state index is 6.80. The highest BCUT2D eigenvalue weighted by atomic mass is 16.5. The number of ether oxygens (including phenoxy) is 1. The molecule has 0 amide bonds. The van der Waals surface area contributed by atoms with Crippen LogP contribution in [0.3, 0.4) is 0 Å². The summed E-state index contributed by atoms with van der Waals surface area (Å²) in [5.74, 6) is 0.897. The van der Waals surface area contributed by atoms with Gasteiger partial charge in [-0.3, -0.25) is 0 Å². The lowest BCUT2D eigenvalue weighted by Gasteiger charge is -2.33. The van der Waals surface area contributed by atoms with Gasteiger partial charge in [0.05, 0.1) is 5.69 Å². The molecule has 0 bridgehead atoms. The second-order valence-electron chi connectivity index (χ2n) is 14.0. The number of fused-ring (bicyclic) bond motifs is 5. The molecule has 0 N–H and O–H groups in total. The first-order chi connectivity index (χ1) is 26.7. The van der Waals surface area contributed by atoms with Crippen LogP contribution in [0.4, 0.5) is 17.1 Å². The maximum Gasteiger partial charge on any atom is 0.152 e. The lowest BCUT2D eigenvalue weighted by atomic mass is 9.92. The van der Waals surface area contributed by atoms with Crippen molar-refractivity contribution in [1.82, 2.24) is 0 Å². The Hall–Kier alpha value is -6.90. The number of hydrogen-bond acceptors (Lipinski definition) is 2. The summed E-state index contributed by atoms with van der Waals surface area (Å²) in [7, 11) is 0. The van der Waals surface area contributed by atoms with Gasteiger partial charge in [-0.15, -0.1) is 0 Å². The number of benzene rings is 9. The zero-order valence-electron chi connectivity index (χ0n) is 30.0. The SMILES string of the molecule is CC1Oc2c(cccc2N(c2ccc(-c3cccc4ccccc34)cc2)c2ccc(-c3ccc(-c4ccccc4)c4ccccc34)cc2)-c2ccccc21. The van der Waals surface area contributed by atoms with Crippen molar-refractivity contribution in [1.29, 1.82) is 0 Å². The summed E-state index contributed by atoms with van der Waals surface area (Å²) in [6.45, 7) is 2.14. The summed E-state index contributed by atoms with van der Waals surface area (Å²) >= 11 is 0. The van der Waals surface area contributed by atoms with E-state index in [0.717, 1.165) is 28.4 Å². The Morgan fingerprint density at radius 1 is 0.370 bits per heavy atom. The quantitative estimate of drug-likeness (QED) is 0.172. The van der Waals surface area contributed by atoms with E-state index >= 15 is 0 Å². The molecule has 54 heavy (non-hydrogen) atoms. The first kappa shape index (κ1) is 31.8. The summed E-state index contributed by atoms with van der Waals surface area (Å²) in [5.41, 5.74) is 14.0. The third-order valence-electron chi connectivity index (χ3n) is 10.9. The van der Waals surface area contributed by atoms with E-state index < -0.39 is 0 Å². The van der Waals surface area contributed by atoms with Crippen LogP contribution in [0.15, 0.2) is 200 Å². The third-order valence-corrected chi connectivity index (χ3v) is 10.9. The van der Waals surface area contributed by atoms with Crippen molar-refractivity contribution >= 4 is 38.6 Å². The average molecular weight is 692 g/mol. The molecular weight excluding hydrogens is 655 g/mol. The number of hydrogen-bond donors (Lipinski definition) is 0. The minimum atomic E-state index is -0.0695. The monoisotopic (exact) mass is 691 g/mol. The molecule has 256 valence electrons. The number of nitrogens with zero attached hydrogens (tertiary/aromatic N) is 1. The van der Waals surface area contributed by atoms with Gasteiger partial charge >= 0.3 is 0 Å². The highest BCUT2D eigenvalue weighted by Gasteiger charge is 2.28. The Balaban J connectivity index is 1.10. The van der Waals surface area contributed by atoms with Gasteiger partial charge < -0.3 is 9.64 Å². The summed E-state index contributed by atoms with van der Waals surface area (Å²) < 4.78 is 6.80. The molecule has 9 aromatic rings. The van der Waals surface area contributed by atoms with Crippen molar-refractivity contribution in [2.75, 3.05) is 4.90 Å². The zero-order chi connectivity index (χ0) is 36.0. The Morgan fingerprint density at radius 3 is 1.54 bits per heavy atom. The van der Waals surface area contributed by atoms with E-state index in [1.165, 1.54) is 66.1 Å². The normalized spacial score (nSPS) is 13.2. The van der Waals surface area contributed by atoms with Crippen LogP contribution in [0.25, 0.3) is 66.1 Å². The first-order valence-corrected chi connectivity index (χ1v) is 18.7. The molecule has 1 heterocycles. The second-order valence-corrected chi connectivity index (χ2v) is 14.0. The molecule has 0 aromatic heterocycles. The second kappa shape index (κ2) is 13.3. The van der Waals surface area contributed by atoms with Crippen molar-refractivity contribution in [3.05, 3.63) is 206 Å². The minimum Gasteiger partial charge on any atom is -0.483 e. The van der Waals surface area contributed by atoms with Crippen LogP contribution in [-0.4, -0.2) is 0 Å². The summed E-state index contributed by atoms with van der Waals surface area (Å²) in [5, 5.41) is 4.99. The van der Waals surface area contributed by atoms with E-state index in [1.807, 2.05) is 0 Å². The lowest BCUT2D eigenvalue weighted by Crippen LogP contribution is -2.16. The van der Waals surface area contributed by atoms with Gasteiger partial charge in [0.15, 0.2) is 5.75 Å². The minimum absolute atomic E-state index is 0.0695. The van der Waals surface area contributed by atoms with E-state index in [1.54, 1.807) is 0 Å². The fraction of sp³-hybridized carbons (Fsp3) is 0.0385. The fourth-order valence-corrected chi connectivity index (χ4v) is 8.28. The zero-order valence-corrected chi connectivity index (χ0v) is 30.0. The van der Waals surface area contributed by atoms with Gasteiger partial charge in [-0.25, -0.2) is 0 Å². The number of para-hydroxylation sites is 1. The highest BCUT2D eigenvalue weighted by molar-refractivity contribution is 6.05.